The van der Waals surface area contributed by atoms with Crippen LogP contribution in [0.5, 0.6) is 0 Å². The minimum atomic E-state index is -0.218. The molecule has 0 atom stereocenters. The van der Waals surface area contributed by atoms with Crippen molar-refractivity contribution < 1.29 is 14.3 Å². The summed E-state index contributed by atoms with van der Waals surface area (Å²) in [6.45, 7) is 6.69. The number of hydrogen-bond donors (Lipinski definition) is 0. The number of esters is 1. The molecule has 0 N–H and O–H groups in total. The van der Waals surface area contributed by atoms with Gasteiger partial charge in [-0.1, -0.05) is 19.3 Å². The maximum Gasteiger partial charge on any atom is 0.307 e. The Hall–Kier alpha value is -1.06. The van der Waals surface area contributed by atoms with Gasteiger partial charge in [-0.15, -0.1) is 0 Å². The second-order valence-corrected chi connectivity index (χ2v) is 5.52. The number of nitrogens with zero attached hydrogens (tertiary/aromatic N) is 1. The minimum absolute atomic E-state index is 0.142. The summed E-state index contributed by atoms with van der Waals surface area (Å²) in [6, 6.07) is 0.142. The van der Waals surface area contributed by atoms with E-state index in [1.54, 1.807) is 6.92 Å². The lowest BCUT2D eigenvalue weighted by atomic mass is 9.88. The fourth-order valence-corrected chi connectivity index (χ4v) is 2.65. The minimum Gasteiger partial charge on any atom is -0.466 e. The maximum atomic E-state index is 12.5. The van der Waals surface area contributed by atoms with Gasteiger partial charge in [0.1, 0.15) is 0 Å². The van der Waals surface area contributed by atoms with Crippen LogP contribution in [0.3, 0.4) is 0 Å². The van der Waals surface area contributed by atoms with Gasteiger partial charge in [-0.3, -0.25) is 9.59 Å². The summed E-state index contributed by atoms with van der Waals surface area (Å²) >= 11 is 0. The molecule has 0 saturated heterocycles. The summed E-state index contributed by atoms with van der Waals surface area (Å²) < 4.78 is 4.92. The van der Waals surface area contributed by atoms with Crippen molar-refractivity contribution in [2.24, 2.45) is 5.92 Å². The fourth-order valence-electron chi connectivity index (χ4n) is 2.65. The molecule has 1 aliphatic carbocycles. The summed E-state index contributed by atoms with van der Waals surface area (Å²) in [5, 5.41) is 0. The number of carbonyl (C=O) groups is 2. The summed E-state index contributed by atoms with van der Waals surface area (Å²) in [5.74, 6) is 0.168. The van der Waals surface area contributed by atoms with E-state index in [1.807, 2.05) is 18.7 Å². The quantitative estimate of drug-likeness (QED) is 0.697. The third kappa shape index (κ3) is 5.21. The number of rotatable bonds is 6. The van der Waals surface area contributed by atoms with Gasteiger partial charge in [0.2, 0.25) is 5.91 Å². The molecule has 0 aliphatic heterocycles. The van der Waals surface area contributed by atoms with Crippen LogP contribution in [0.15, 0.2) is 0 Å². The molecule has 0 aromatic carbocycles. The highest BCUT2D eigenvalue weighted by Gasteiger charge is 2.27. The van der Waals surface area contributed by atoms with Crippen LogP contribution < -0.4 is 0 Å². The summed E-state index contributed by atoms with van der Waals surface area (Å²) in [6.07, 6.45) is 5.85. The smallest absolute Gasteiger partial charge is 0.307 e. The zero-order valence-corrected chi connectivity index (χ0v) is 12.5. The molecule has 0 aromatic heterocycles. The molecule has 4 nitrogen and oxygen atoms in total. The van der Waals surface area contributed by atoms with Crippen molar-refractivity contribution in [3.05, 3.63) is 0 Å². The molecule has 110 valence electrons. The van der Waals surface area contributed by atoms with Crippen molar-refractivity contribution in [2.75, 3.05) is 13.2 Å². The molecule has 1 rings (SSSR count). The normalized spacial score (nSPS) is 16.4. The fraction of sp³-hybridized carbons (Fsp3) is 0.867. The van der Waals surface area contributed by atoms with Crippen LogP contribution in [0.25, 0.3) is 0 Å². The summed E-state index contributed by atoms with van der Waals surface area (Å²) in [5.41, 5.74) is 0. The monoisotopic (exact) mass is 269 g/mol. The van der Waals surface area contributed by atoms with Crippen LogP contribution in [-0.2, 0) is 14.3 Å². The zero-order chi connectivity index (χ0) is 14.3. The largest absolute Gasteiger partial charge is 0.466 e. The predicted molar refractivity (Wildman–Crippen MR) is 74.7 cm³/mol. The maximum absolute atomic E-state index is 12.5. The van der Waals surface area contributed by atoms with Crippen LogP contribution in [0, 0.1) is 5.92 Å². The molecule has 1 aliphatic rings. The highest BCUT2D eigenvalue weighted by molar-refractivity contribution is 5.80. The molecule has 0 radical (unpaired) electrons. The van der Waals surface area contributed by atoms with E-state index in [2.05, 4.69) is 0 Å². The lowest BCUT2D eigenvalue weighted by Gasteiger charge is -2.32. The standard InChI is InChI=1S/C15H27NO3/c1-4-19-14(17)10-11-16(12(2)3)15(18)13-8-6-5-7-9-13/h12-13H,4-11H2,1-3H3. The summed E-state index contributed by atoms with van der Waals surface area (Å²) in [7, 11) is 0. The topological polar surface area (TPSA) is 46.6 Å². The average Bonchev–Trinajstić information content (AvgIpc) is 2.39. The van der Waals surface area contributed by atoms with Crippen molar-refractivity contribution >= 4 is 11.9 Å². The first kappa shape index (κ1) is 16.0. The van der Waals surface area contributed by atoms with E-state index < -0.39 is 0 Å². The Morgan fingerprint density at radius 2 is 1.84 bits per heavy atom. The van der Waals surface area contributed by atoms with Gasteiger partial charge >= 0.3 is 5.97 Å². The van der Waals surface area contributed by atoms with Gasteiger partial charge in [0.05, 0.1) is 13.0 Å². The number of ether oxygens (including phenoxy) is 1. The lowest BCUT2D eigenvalue weighted by Crippen LogP contribution is -2.42. The lowest BCUT2D eigenvalue weighted by molar-refractivity contribution is -0.145. The van der Waals surface area contributed by atoms with E-state index in [0.29, 0.717) is 19.6 Å². The Balaban J connectivity index is 2.50. The van der Waals surface area contributed by atoms with Gasteiger partial charge in [0, 0.05) is 18.5 Å². The Labute approximate surface area is 116 Å². The molecule has 0 unspecified atom stereocenters. The third-order valence-electron chi connectivity index (χ3n) is 3.72. The SMILES string of the molecule is CCOC(=O)CCN(C(=O)C1CCCCC1)C(C)C. The van der Waals surface area contributed by atoms with E-state index in [9.17, 15) is 9.59 Å². The van der Waals surface area contributed by atoms with Crippen molar-refractivity contribution in [2.45, 2.75) is 65.3 Å². The molecule has 1 amide bonds. The van der Waals surface area contributed by atoms with E-state index in [4.69, 9.17) is 4.74 Å². The van der Waals surface area contributed by atoms with Gasteiger partial charge in [-0.05, 0) is 33.6 Å². The van der Waals surface area contributed by atoms with Gasteiger partial charge < -0.3 is 9.64 Å². The molecule has 0 aromatic rings. The van der Waals surface area contributed by atoms with Crippen LogP contribution in [0.2, 0.25) is 0 Å². The van der Waals surface area contributed by atoms with Gasteiger partial charge in [-0.2, -0.15) is 0 Å². The Kier molecular flexibility index (Phi) is 6.89. The second kappa shape index (κ2) is 8.18. The molecule has 0 heterocycles. The van der Waals surface area contributed by atoms with Crippen molar-refractivity contribution in [3.63, 3.8) is 0 Å². The molecule has 1 fully saturated rings. The highest BCUT2D eigenvalue weighted by atomic mass is 16.5. The molecular formula is C15H27NO3. The molecule has 0 spiro atoms. The molecule has 1 saturated carbocycles. The molecule has 0 bridgehead atoms. The van der Waals surface area contributed by atoms with Crippen LogP contribution in [-0.4, -0.2) is 36.0 Å². The van der Waals surface area contributed by atoms with E-state index in [-0.39, 0.29) is 23.8 Å². The highest BCUT2D eigenvalue weighted by Crippen LogP contribution is 2.26. The zero-order valence-electron chi connectivity index (χ0n) is 12.5. The van der Waals surface area contributed by atoms with E-state index in [0.717, 1.165) is 25.7 Å². The first-order valence-corrected chi connectivity index (χ1v) is 7.52. The Bertz CT molecular complexity index is 296. The Morgan fingerprint density at radius 3 is 2.37 bits per heavy atom. The van der Waals surface area contributed by atoms with E-state index >= 15 is 0 Å². The van der Waals surface area contributed by atoms with Gasteiger partial charge in [0.15, 0.2) is 0 Å². The van der Waals surface area contributed by atoms with Gasteiger partial charge in [0.25, 0.3) is 0 Å². The first-order chi connectivity index (χ1) is 9.06. The van der Waals surface area contributed by atoms with E-state index in [1.165, 1.54) is 6.42 Å². The third-order valence-corrected chi connectivity index (χ3v) is 3.72. The average molecular weight is 269 g/mol. The van der Waals surface area contributed by atoms with Crippen molar-refractivity contribution in [3.8, 4) is 0 Å². The Morgan fingerprint density at radius 1 is 1.21 bits per heavy atom. The van der Waals surface area contributed by atoms with Crippen molar-refractivity contribution in [1.82, 2.24) is 4.90 Å². The first-order valence-electron chi connectivity index (χ1n) is 7.52. The van der Waals surface area contributed by atoms with Gasteiger partial charge in [-0.25, -0.2) is 0 Å². The second-order valence-electron chi connectivity index (χ2n) is 5.52. The van der Waals surface area contributed by atoms with Crippen LogP contribution in [0.1, 0.15) is 59.3 Å². The number of amides is 1. The summed E-state index contributed by atoms with van der Waals surface area (Å²) in [4.78, 5) is 25.7. The van der Waals surface area contributed by atoms with Crippen LogP contribution >= 0.6 is 0 Å². The molecule has 4 heteroatoms. The van der Waals surface area contributed by atoms with Crippen LogP contribution in [0.4, 0.5) is 0 Å². The molecule has 19 heavy (non-hydrogen) atoms. The predicted octanol–water partition coefficient (Wildman–Crippen LogP) is 2.76. The number of carbonyl (C=O) groups excluding carboxylic acids is 2. The van der Waals surface area contributed by atoms with Crippen molar-refractivity contribution in [1.29, 1.82) is 0 Å². The number of hydrogen-bond acceptors (Lipinski definition) is 3. The molecular weight excluding hydrogens is 242 g/mol.